The number of hydrogen-bond donors (Lipinski definition) is 2. The zero-order valence-corrected chi connectivity index (χ0v) is 20.2. The van der Waals surface area contributed by atoms with E-state index in [2.05, 4.69) is 31.8 Å². The van der Waals surface area contributed by atoms with E-state index in [9.17, 15) is 14.4 Å². The number of amides is 2. The van der Waals surface area contributed by atoms with Crippen LogP contribution in [-0.4, -0.2) is 37.7 Å². The van der Waals surface area contributed by atoms with Crippen LogP contribution in [0.15, 0.2) is 76.3 Å². The zero-order chi connectivity index (χ0) is 24.5. The van der Waals surface area contributed by atoms with Crippen LogP contribution in [0.1, 0.15) is 26.3 Å². The van der Waals surface area contributed by atoms with Gasteiger partial charge in [0.05, 0.1) is 25.4 Å². The standard InChI is InChI=1S/C24H19BrClN3O5/c1-33-21-11-15(5-10-20(21)34-24(32)16-6-8-19(26)9-7-16)13-28-29-22(30)14-27-23(31)17-3-2-4-18(25)12-17/h2-13H,14H2,1H3,(H,27,31)(H,29,30)/b28-13-. The third-order valence-corrected chi connectivity index (χ3v) is 5.11. The van der Waals surface area contributed by atoms with Crippen molar-refractivity contribution in [1.29, 1.82) is 0 Å². The number of ether oxygens (including phenoxy) is 2. The number of carbonyl (C=O) groups is 3. The molecule has 2 amide bonds. The van der Waals surface area contributed by atoms with E-state index in [1.54, 1.807) is 66.7 Å². The van der Waals surface area contributed by atoms with Gasteiger partial charge in [-0.3, -0.25) is 9.59 Å². The van der Waals surface area contributed by atoms with Crippen LogP contribution in [0.5, 0.6) is 11.5 Å². The zero-order valence-electron chi connectivity index (χ0n) is 17.9. The van der Waals surface area contributed by atoms with Crippen LogP contribution in [0.25, 0.3) is 0 Å². The molecule has 0 aliphatic heterocycles. The molecule has 8 nitrogen and oxygen atoms in total. The van der Waals surface area contributed by atoms with E-state index in [1.165, 1.54) is 13.3 Å². The minimum atomic E-state index is -0.562. The molecule has 10 heteroatoms. The summed E-state index contributed by atoms with van der Waals surface area (Å²) in [5, 5.41) is 6.89. The number of nitrogens with zero attached hydrogens (tertiary/aromatic N) is 1. The monoisotopic (exact) mass is 543 g/mol. The number of halogens is 2. The summed E-state index contributed by atoms with van der Waals surface area (Å²) in [4.78, 5) is 36.3. The molecule has 0 spiro atoms. The highest BCUT2D eigenvalue weighted by Crippen LogP contribution is 2.28. The van der Waals surface area contributed by atoms with Crippen LogP contribution in [-0.2, 0) is 4.79 Å². The maximum absolute atomic E-state index is 12.3. The van der Waals surface area contributed by atoms with Gasteiger partial charge in [0.25, 0.3) is 11.8 Å². The van der Waals surface area contributed by atoms with Crippen molar-refractivity contribution in [3.63, 3.8) is 0 Å². The predicted octanol–water partition coefficient (Wildman–Crippen LogP) is 4.21. The lowest BCUT2D eigenvalue weighted by Gasteiger charge is -2.10. The van der Waals surface area contributed by atoms with Gasteiger partial charge in [-0.2, -0.15) is 5.10 Å². The van der Waals surface area contributed by atoms with Crippen LogP contribution in [0.4, 0.5) is 0 Å². The van der Waals surface area contributed by atoms with E-state index in [-0.39, 0.29) is 18.2 Å². The molecule has 0 bridgehead atoms. The Morgan fingerprint density at radius 1 is 1.00 bits per heavy atom. The molecule has 0 saturated heterocycles. The first-order chi connectivity index (χ1) is 16.4. The van der Waals surface area contributed by atoms with Gasteiger partial charge >= 0.3 is 5.97 Å². The topological polar surface area (TPSA) is 106 Å². The molecule has 0 aromatic heterocycles. The summed E-state index contributed by atoms with van der Waals surface area (Å²) in [6.07, 6.45) is 1.39. The maximum Gasteiger partial charge on any atom is 0.343 e. The number of methoxy groups -OCH3 is 1. The molecule has 174 valence electrons. The number of benzene rings is 3. The van der Waals surface area contributed by atoms with Gasteiger partial charge in [0.1, 0.15) is 0 Å². The largest absolute Gasteiger partial charge is 0.493 e. The summed E-state index contributed by atoms with van der Waals surface area (Å²) in [7, 11) is 1.44. The summed E-state index contributed by atoms with van der Waals surface area (Å²) < 4.78 is 11.4. The van der Waals surface area contributed by atoms with Crippen molar-refractivity contribution in [3.8, 4) is 11.5 Å². The van der Waals surface area contributed by atoms with Crippen LogP contribution < -0.4 is 20.2 Å². The molecule has 3 aromatic carbocycles. The first-order valence-electron chi connectivity index (χ1n) is 9.87. The number of esters is 1. The Balaban J connectivity index is 1.54. The molecular weight excluding hydrogens is 526 g/mol. The second-order valence-corrected chi connectivity index (χ2v) is 8.15. The molecule has 0 aliphatic carbocycles. The van der Waals surface area contributed by atoms with Crippen LogP contribution in [0.3, 0.4) is 0 Å². The fourth-order valence-electron chi connectivity index (χ4n) is 2.70. The van der Waals surface area contributed by atoms with Crippen molar-refractivity contribution in [3.05, 3.63) is 92.9 Å². The summed E-state index contributed by atoms with van der Waals surface area (Å²) in [6, 6.07) is 17.9. The summed E-state index contributed by atoms with van der Waals surface area (Å²) in [5.41, 5.74) is 3.68. The van der Waals surface area contributed by atoms with Crippen molar-refractivity contribution in [2.24, 2.45) is 5.10 Å². The quantitative estimate of drug-likeness (QED) is 0.191. The van der Waals surface area contributed by atoms with Gasteiger partial charge in [-0.25, -0.2) is 10.2 Å². The second kappa shape index (κ2) is 12.0. The highest BCUT2D eigenvalue weighted by atomic mass is 79.9. The average molecular weight is 545 g/mol. The minimum Gasteiger partial charge on any atom is -0.493 e. The van der Waals surface area contributed by atoms with Gasteiger partial charge < -0.3 is 14.8 Å². The molecular formula is C24H19BrClN3O5. The molecule has 34 heavy (non-hydrogen) atoms. The Morgan fingerprint density at radius 2 is 1.76 bits per heavy atom. The van der Waals surface area contributed by atoms with E-state index in [4.69, 9.17) is 21.1 Å². The van der Waals surface area contributed by atoms with Gasteiger partial charge in [0.15, 0.2) is 11.5 Å². The van der Waals surface area contributed by atoms with Gasteiger partial charge in [0.2, 0.25) is 0 Å². The highest BCUT2D eigenvalue weighted by molar-refractivity contribution is 9.10. The van der Waals surface area contributed by atoms with Gasteiger partial charge in [-0.05, 0) is 66.2 Å². The van der Waals surface area contributed by atoms with E-state index >= 15 is 0 Å². The Hall–Kier alpha value is -3.69. The van der Waals surface area contributed by atoms with Gasteiger partial charge in [0, 0.05) is 15.1 Å². The van der Waals surface area contributed by atoms with E-state index in [0.29, 0.717) is 27.5 Å². The number of hydrogen-bond acceptors (Lipinski definition) is 6. The summed E-state index contributed by atoms with van der Waals surface area (Å²) in [5.74, 6) is -0.916. The third kappa shape index (κ3) is 7.16. The molecule has 3 aromatic rings. The summed E-state index contributed by atoms with van der Waals surface area (Å²) >= 11 is 9.12. The fourth-order valence-corrected chi connectivity index (χ4v) is 3.23. The molecule has 2 N–H and O–H groups in total. The molecule has 0 atom stereocenters. The normalized spacial score (nSPS) is 10.6. The first kappa shape index (κ1) is 24.9. The van der Waals surface area contributed by atoms with Crippen LogP contribution in [0.2, 0.25) is 5.02 Å². The fraction of sp³-hybridized carbons (Fsp3) is 0.0833. The third-order valence-electron chi connectivity index (χ3n) is 4.37. The molecule has 3 rings (SSSR count). The molecule has 0 saturated carbocycles. The van der Waals surface area contributed by atoms with E-state index in [1.807, 2.05) is 0 Å². The number of hydrazone groups is 1. The second-order valence-electron chi connectivity index (χ2n) is 6.79. The Bertz CT molecular complexity index is 1230. The predicted molar refractivity (Wildman–Crippen MR) is 132 cm³/mol. The maximum atomic E-state index is 12.3. The van der Waals surface area contributed by atoms with Crippen molar-refractivity contribution in [2.45, 2.75) is 0 Å². The lowest BCUT2D eigenvalue weighted by Crippen LogP contribution is -2.34. The minimum absolute atomic E-state index is 0.221. The van der Waals surface area contributed by atoms with Crippen molar-refractivity contribution in [2.75, 3.05) is 13.7 Å². The van der Waals surface area contributed by atoms with Gasteiger partial charge in [-0.1, -0.05) is 33.6 Å². The highest BCUT2D eigenvalue weighted by Gasteiger charge is 2.13. The molecule has 0 unspecified atom stereocenters. The average Bonchev–Trinajstić information content (AvgIpc) is 2.83. The van der Waals surface area contributed by atoms with Crippen molar-refractivity contribution >= 4 is 51.5 Å². The molecule has 0 heterocycles. The first-order valence-corrected chi connectivity index (χ1v) is 11.0. The van der Waals surface area contributed by atoms with E-state index < -0.39 is 11.9 Å². The summed E-state index contributed by atoms with van der Waals surface area (Å²) in [6.45, 7) is -0.244. The lowest BCUT2D eigenvalue weighted by molar-refractivity contribution is -0.120. The molecule has 0 radical (unpaired) electrons. The number of rotatable bonds is 8. The van der Waals surface area contributed by atoms with Gasteiger partial charge in [-0.15, -0.1) is 0 Å². The molecule has 0 aliphatic rings. The number of nitrogens with one attached hydrogen (secondary N) is 2. The van der Waals surface area contributed by atoms with Crippen molar-refractivity contribution < 1.29 is 23.9 Å². The van der Waals surface area contributed by atoms with Crippen molar-refractivity contribution in [1.82, 2.24) is 10.7 Å². The SMILES string of the molecule is COc1cc(/C=N\NC(=O)CNC(=O)c2cccc(Br)c2)ccc1OC(=O)c1ccc(Cl)cc1. The van der Waals surface area contributed by atoms with Crippen LogP contribution in [0, 0.1) is 0 Å². The van der Waals surface area contributed by atoms with Crippen LogP contribution >= 0.6 is 27.5 Å². The lowest BCUT2D eigenvalue weighted by atomic mass is 10.2. The van der Waals surface area contributed by atoms with E-state index in [0.717, 1.165) is 4.47 Å². The number of carbonyl (C=O) groups excluding carboxylic acids is 3. The Morgan fingerprint density at radius 3 is 2.47 bits per heavy atom. The molecule has 0 fully saturated rings. The Labute approximate surface area is 209 Å². The smallest absolute Gasteiger partial charge is 0.343 e. The Kier molecular flexibility index (Phi) is 8.78.